The van der Waals surface area contributed by atoms with Gasteiger partial charge in [0.25, 0.3) is 5.91 Å². The van der Waals surface area contributed by atoms with Crippen LogP contribution in [0.25, 0.3) is 0 Å². The van der Waals surface area contributed by atoms with Crippen molar-refractivity contribution in [3.8, 4) is 0 Å². The summed E-state index contributed by atoms with van der Waals surface area (Å²) in [6, 6.07) is 3.31. The Balaban J connectivity index is 0.00000243. The van der Waals surface area contributed by atoms with Crippen LogP contribution in [0.15, 0.2) is 36.4 Å². The van der Waals surface area contributed by atoms with Crippen molar-refractivity contribution in [2.75, 3.05) is 7.05 Å². The Morgan fingerprint density at radius 2 is 2.19 bits per heavy atom. The van der Waals surface area contributed by atoms with Gasteiger partial charge in [0.15, 0.2) is 0 Å². The zero-order valence-corrected chi connectivity index (χ0v) is 16.3. The third-order valence-electron chi connectivity index (χ3n) is 4.29. The summed E-state index contributed by atoms with van der Waals surface area (Å²) in [5.74, 6) is -2.64. The summed E-state index contributed by atoms with van der Waals surface area (Å²) in [7, 11) is 1.61. The number of carboxylic acid groups (broad SMARTS) is 1. The average molecular weight is 372 g/mol. The zero-order chi connectivity index (χ0) is 18.1. The van der Waals surface area contributed by atoms with E-state index in [4.69, 9.17) is 9.47 Å². The van der Waals surface area contributed by atoms with Gasteiger partial charge in [-0.05, 0) is 17.7 Å². The van der Waals surface area contributed by atoms with E-state index in [1.807, 2.05) is 6.07 Å². The number of carbonyl (C=O) groups is 2. The van der Waals surface area contributed by atoms with Gasteiger partial charge in [-0.3, -0.25) is 9.78 Å². The molecule has 1 fully saturated rings. The number of likely N-dealkylation sites (N-methyl/N-ethyl adjacent to an activating group) is 1. The minimum absolute atomic E-state index is 0. The zero-order valence-electron chi connectivity index (χ0n) is 14.3. The summed E-state index contributed by atoms with van der Waals surface area (Å²) >= 11 is 0. The van der Waals surface area contributed by atoms with Gasteiger partial charge in [-0.2, -0.15) is 0 Å². The first kappa shape index (κ1) is 20.8. The second-order valence-corrected chi connectivity index (χ2v) is 5.90. The molecule has 2 N–H and O–H groups in total. The topological polar surface area (TPSA) is 132 Å². The number of hydrogen-bond acceptors (Lipinski definition) is 8. The quantitative estimate of drug-likeness (QED) is 0.503. The predicted octanol–water partition coefficient (Wildman–Crippen LogP) is -4.91. The summed E-state index contributed by atoms with van der Waals surface area (Å²) in [6.45, 7) is 0. The summed E-state index contributed by atoms with van der Waals surface area (Å²) in [5, 5.41) is 30.6. The number of carboxylic acids is 1. The number of carbonyl (C=O) groups excluding carboxylic acids is 2. The number of amides is 1. The Labute approximate surface area is 171 Å². The fourth-order valence-electron chi connectivity index (χ4n) is 2.92. The van der Waals surface area contributed by atoms with E-state index in [9.17, 15) is 24.9 Å². The molecule has 2 aliphatic rings. The third kappa shape index (κ3) is 4.08. The van der Waals surface area contributed by atoms with E-state index >= 15 is 0 Å². The molecule has 1 aromatic rings. The molecule has 9 nitrogen and oxygen atoms in total. The normalized spacial score (nSPS) is 31.0. The predicted molar refractivity (Wildman–Crippen MR) is 79.2 cm³/mol. The van der Waals surface area contributed by atoms with Gasteiger partial charge in [0.2, 0.25) is 6.29 Å². The molecule has 0 aromatic carbocycles. The first-order chi connectivity index (χ1) is 11.9. The number of aliphatic hydroxyl groups is 2. The van der Waals surface area contributed by atoms with Crippen LogP contribution in [-0.2, 0) is 19.1 Å². The summed E-state index contributed by atoms with van der Waals surface area (Å²) < 4.78 is 10.5. The molecule has 0 spiro atoms. The molecule has 0 bridgehead atoms. The van der Waals surface area contributed by atoms with E-state index in [1.54, 1.807) is 25.5 Å². The number of nitrogens with zero attached hydrogens (tertiary/aromatic N) is 2. The number of aliphatic carboxylic acids is 1. The Hall–Kier alpha value is -1.49. The Morgan fingerprint density at radius 1 is 1.46 bits per heavy atom. The van der Waals surface area contributed by atoms with Crippen LogP contribution in [0.3, 0.4) is 0 Å². The van der Waals surface area contributed by atoms with Crippen molar-refractivity contribution in [2.24, 2.45) is 0 Å². The molecule has 5 atom stereocenters. The Kier molecular flexibility index (Phi) is 6.78. The molecule has 0 aliphatic carbocycles. The number of pyridine rings is 1. The van der Waals surface area contributed by atoms with Crippen LogP contribution in [0, 0.1) is 0 Å². The number of aliphatic hydroxyl groups excluding tert-OH is 2. The summed E-state index contributed by atoms with van der Waals surface area (Å²) in [6.07, 6.45) is -1.13. The molecule has 1 amide bonds. The molecule has 26 heavy (non-hydrogen) atoms. The third-order valence-corrected chi connectivity index (χ3v) is 4.29. The van der Waals surface area contributed by atoms with Crippen molar-refractivity contribution in [1.29, 1.82) is 0 Å². The van der Waals surface area contributed by atoms with E-state index < -0.39 is 36.3 Å². The number of rotatable bonds is 4. The van der Waals surface area contributed by atoms with Crippen molar-refractivity contribution >= 4 is 11.9 Å². The van der Waals surface area contributed by atoms with Crippen LogP contribution in [-0.4, -0.2) is 63.6 Å². The number of likely N-dealkylation sites (tertiary alicyclic amines) is 1. The van der Waals surface area contributed by atoms with Crippen LogP contribution in [0.2, 0.25) is 0 Å². The van der Waals surface area contributed by atoms with Crippen molar-refractivity contribution in [3.05, 3.63) is 41.9 Å². The van der Waals surface area contributed by atoms with Crippen LogP contribution in [0.4, 0.5) is 0 Å². The average Bonchev–Trinajstić information content (AvgIpc) is 2.87. The summed E-state index contributed by atoms with van der Waals surface area (Å²) in [5.41, 5.74) is 0.824. The standard InChI is InChI=1S/C16H18N2O7.Na/c1-18-9(8-3-2-4-17-7-8)5-11(14(18)21)24-16-13(20)10(19)6-12(25-16)15(22)23;/h2-4,6-7,9-11,13,16,19-20H,5H2,1H3,(H,22,23);/q;+1/p-1/t9-,10-,11+,13+,16+;/m0./s1. The van der Waals surface area contributed by atoms with Crippen molar-refractivity contribution in [1.82, 2.24) is 9.88 Å². The van der Waals surface area contributed by atoms with Crippen LogP contribution in [0.1, 0.15) is 18.0 Å². The smallest absolute Gasteiger partial charge is 0.542 e. The molecule has 2 aliphatic heterocycles. The van der Waals surface area contributed by atoms with Gasteiger partial charge >= 0.3 is 29.6 Å². The Morgan fingerprint density at radius 3 is 2.81 bits per heavy atom. The molecule has 3 heterocycles. The van der Waals surface area contributed by atoms with Gasteiger partial charge in [-0.15, -0.1) is 0 Å². The fourth-order valence-corrected chi connectivity index (χ4v) is 2.92. The first-order valence-electron chi connectivity index (χ1n) is 7.66. The Bertz CT molecular complexity index is 699. The maximum atomic E-state index is 12.4. The molecule has 0 radical (unpaired) electrons. The fraction of sp³-hybridized carbons (Fsp3) is 0.438. The van der Waals surface area contributed by atoms with Gasteiger partial charge < -0.3 is 34.5 Å². The SMILES string of the molecule is CN1C(=O)[C@H](O[C@@H]2OC(C(=O)[O-])=C[C@H](O)[C@H]2O)C[C@H]1c1cccnc1.[Na+]. The van der Waals surface area contributed by atoms with Gasteiger partial charge in [-0.1, -0.05) is 6.07 Å². The second kappa shape index (κ2) is 8.47. The van der Waals surface area contributed by atoms with Crippen molar-refractivity contribution < 1.29 is 63.9 Å². The van der Waals surface area contributed by atoms with E-state index in [1.165, 1.54) is 4.90 Å². The molecule has 134 valence electrons. The largest absolute Gasteiger partial charge is 1.00 e. The molecule has 1 aromatic heterocycles. The van der Waals surface area contributed by atoms with Gasteiger partial charge in [0.05, 0.1) is 6.04 Å². The van der Waals surface area contributed by atoms with Crippen LogP contribution in [0.5, 0.6) is 0 Å². The second-order valence-electron chi connectivity index (χ2n) is 5.90. The van der Waals surface area contributed by atoms with Crippen LogP contribution >= 0.6 is 0 Å². The van der Waals surface area contributed by atoms with Gasteiger partial charge in [-0.25, -0.2) is 0 Å². The van der Waals surface area contributed by atoms with E-state index in [0.717, 1.165) is 11.6 Å². The molecule has 0 unspecified atom stereocenters. The number of hydrogen-bond donors (Lipinski definition) is 2. The first-order valence-corrected chi connectivity index (χ1v) is 7.66. The minimum atomic E-state index is -1.65. The molecular weight excluding hydrogens is 355 g/mol. The summed E-state index contributed by atoms with van der Waals surface area (Å²) in [4.78, 5) is 28.8. The van der Waals surface area contributed by atoms with Gasteiger partial charge in [0, 0.05) is 25.9 Å². The molecule has 1 saturated heterocycles. The van der Waals surface area contributed by atoms with Crippen molar-refractivity contribution in [2.45, 2.75) is 37.1 Å². The minimum Gasteiger partial charge on any atom is -0.542 e. The molecular formula is C16H17N2NaO7. The van der Waals surface area contributed by atoms with E-state index in [2.05, 4.69) is 4.98 Å². The maximum absolute atomic E-state index is 12.4. The molecule has 10 heteroatoms. The van der Waals surface area contributed by atoms with Crippen LogP contribution < -0.4 is 34.7 Å². The van der Waals surface area contributed by atoms with E-state index in [0.29, 0.717) is 0 Å². The maximum Gasteiger partial charge on any atom is 1.00 e. The van der Waals surface area contributed by atoms with E-state index in [-0.39, 0.29) is 47.9 Å². The monoisotopic (exact) mass is 372 g/mol. The molecule has 0 saturated carbocycles. The molecule has 3 rings (SSSR count). The van der Waals surface area contributed by atoms with Gasteiger partial charge in [0.1, 0.15) is 30.0 Å². The number of aromatic nitrogens is 1. The van der Waals surface area contributed by atoms with Crippen molar-refractivity contribution in [3.63, 3.8) is 0 Å². The number of ether oxygens (including phenoxy) is 2.